The van der Waals surface area contributed by atoms with E-state index in [0.717, 1.165) is 39.0 Å². The lowest BCUT2D eigenvalue weighted by Gasteiger charge is -2.35. The summed E-state index contributed by atoms with van der Waals surface area (Å²) in [4.78, 5) is 26.5. The van der Waals surface area contributed by atoms with E-state index in [2.05, 4.69) is 29.8 Å². The Morgan fingerprint density at radius 3 is 2.54 bits per heavy atom. The molecule has 3 N–H and O–H groups in total. The van der Waals surface area contributed by atoms with Gasteiger partial charge in [0.25, 0.3) is 5.91 Å². The normalized spacial score (nSPS) is 22.9. The third kappa shape index (κ3) is 5.60. The van der Waals surface area contributed by atoms with Gasteiger partial charge in [0, 0.05) is 38.4 Å². The molecule has 2 unspecified atom stereocenters. The predicted molar refractivity (Wildman–Crippen MR) is 144 cm³/mol. The quantitative estimate of drug-likeness (QED) is 0.400. The minimum atomic E-state index is -3.78. The molecule has 2 atom stereocenters. The van der Waals surface area contributed by atoms with Crippen LogP contribution < -0.4 is 24.6 Å². The molecule has 210 valence electrons. The zero-order chi connectivity index (χ0) is 27.2. The van der Waals surface area contributed by atoms with E-state index in [1.807, 2.05) is 0 Å². The minimum Gasteiger partial charge on any atom is -0.459 e. The average molecular weight is 561 g/mol. The molecule has 0 radical (unpaired) electrons. The lowest BCUT2D eigenvalue weighted by molar-refractivity contribution is 0.102. The number of carbonyl (C=O) groups is 1. The first-order valence-corrected chi connectivity index (χ1v) is 15.1. The van der Waals surface area contributed by atoms with Gasteiger partial charge in [-0.2, -0.15) is 0 Å². The minimum absolute atomic E-state index is 0.0856. The zero-order valence-electron chi connectivity index (χ0n) is 21.6. The summed E-state index contributed by atoms with van der Waals surface area (Å²) in [6, 6.07) is 4.76. The van der Waals surface area contributed by atoms with Crippen LogP contribution in [0.1, 0.15) is 42.5 Å². The van der Waals surface area contributed by atoms with Crippen LogP contribution in [0, 0.1) is 17.3 Å². The molecule has 13 heteroatoms. The first-order valence-electron chi connectivity index (χ1n) is 13.4. The third-order valence-corrected chi connectivity index (χ3v) is 9.68. The molecule has 2 aliphatic carbocycles. The van der Waals surface area contributed by atoms with Crippen LogP contribution in [0.4, 0.5) is 27.5 Å². The molecule has 2 saturated heterocycles. The number of aromatic nitrogens is 2. The molecular formula is C26H33FN6O5S. The number of sulfonamides is 1. The zero-order valence-corrected chi connectivity index (χ0v) is 22.4. The third-order valence-electron chi connectivity index (χ3n) is 8.44. The molecule has 39 heavy (non-hydrogen) atoms. The van der Waals surface area contributed by atoms with Gasteiger partial charge >= 0.3 is 0 Å². The number of hydrogen-bond acceptors (Lipinski definition) is 9. The summed E-state index contributed by atoms with van der Waals surface area (Å²) in [5.41, 5.74) is 1.29. The van der Waals surface area contributed by atoms with Gasteiger partial charge < -0.3 is 25.0 Å². The summed E-state index contributed by atoms with van der Waals surface area (Å²) in [6.07, 6.45) is 7.04. The molecule has 11 nitrogen and oxygen atoms in total. The van der Waals surface area contributed by atoms with Gasteiger partial charge in [-0.15, -0.1) is 0 Å². The number of rotatable bonds is 10. The summed E-state index contributed by atoms with van der Waals surface area (Å²) in [7, 11) is -3.78. The van der Waals surface area contributed by atoms with Crippen LogP contribution >= 0.6 is 0 Å². The lowest BCUT2D eigenvalue weighted by atomic mass is 9.93. The lowest BCUT2D eigenvalue weighted by Crippen LogP contribution is -2.36. The Morgan fingerprint density at radius 1 is 1.13 bits per heavy atom. The number of pyridine rings is 2. The van der Waals surface area contributed by atoms with Crippen molar-refractivity contribution in [2.24, 2.45) is 17.3 Å². The van der Waals surface area contributed by atoms with Crippen molar-refractivity contribution >= 4 is 39.1 Å². The Morgan fingerprint density at radius 2 is 1.87 bits per heavy atom. The van der Waals surface area contributed by atoms with E-state index in [-0.39, 0.29) is 5.82 Å². The van der Waals surface area contributed by atoms with Crippen molar-refractivity contribution in [2.45, 2.75) is 32.1 Å². The van der Waals surface area contributed by atoms with Crippen molar-refractivity contribution in [1.29, 1.82) is 0 Å². The predicted octanol–water partition coefficient (Wildman–Crippen LogP) is 2.61. The van der Waals surface area contributed by atoms with Crippen molar-refractivity contribution in [3.05, 3.63) is 30.0 Å². The van der Waals surface area contributed by atoms with Crippen LogP contribution in [0.3, 0.4) is 0 Å². The first kappa shape index (κ1) is 26.1. The van der Waals surface area contributed by atoms with Crippen molar-refractivity contribution in [3.63, 3.8) is 0 Å². The molecule has 4 fully saturated rings. The van der Waals surface area contributed by atoms with Crippen molar-refractivity contribution in [3.8, 4) is 5.75 Å². The smallest absolute Gasteiger partial charge is 0.260 e. The summed E-state index contributed by atoms with van der Waals surface area (Å²) >= 11 is 0. The van der Waals surface area contributed by atoms with Crippen LogP contribution in [-0.2, 0) is 10.0 Å². The maximum Gasteiger partial charge on any atom is 0.260 e. The van der Waals surface area contributed by atoms with Gasteiger partial charge in [-0.05, 0) is 61.5 Å². The number of amides is 1. The number of halogens is 1. The number of piperidine rings is 2. The van der Waals surface area contributed by atoms with Crippen LogP contribution in [0.25, 0.3) is 0 Å². The number of anilines is 4. The number of nitrogens with zero attached hydrogens (tertiary/aromatic N) is 4. The van der Waals surface area contributed by atoms with E-state index >= 15 is 0 Å². The van der Waals surface area contributed by atoms with Crippen LogP contribution in [-0.4, -0.2) is 74.8 Å². The van der Waals surface area contributed by atoms with Gasteiger partial charge in [0.1, 0.15) is 11.6 Å². The molecule has 2 saturated carbocycles. The molecule has 4 aliphatic rings. The monoisotopic (exact) mass is 560 g/mol. The fourth-order valence-electron chi connectivity index (χ4n) is 5.82. The van der Waals surface area contributed by atoms with E-state index in [9.17, 15) is 17.6 Å². The molecule has 2 aliphatic heterocycles. The number of alkyl halides is 1. The largest absolute Gasteiger partial charge is 0.459 e. The van der Waals surface area contributed by atoms with E-state index in [4.69, 9.17) is 9.84 Å². The summed E-state index contributed by atoms with van der Waals surface area (Å²) in [5.74, 6) is 1.60. The van der Waals surface area contributed by atoms with Crippen LogP contribution in [0.2, 0.25) is 0 Å². The number of aliphatic hydroxyl groups excluding tert-OH is 1. The number of ether oxygens (including phenoxy) is 1. The van der Waals surface area contributed by atoms with Gasteiger partial charge in [-0.3, -0.25) is 9.52 Å². The topological polar surface area (TPSA) is 137 Å². The Bertz CT molecular complexity index is 1350. The molecule has 2 aromatic heterocycles. The fourth-order valence-corrected chi connectivity index (χ4v) is 6.60. The van der Waals surface area contributed by atoms with Gasteiger partial charge in [0.05, 0.1) is 23.6 Å². The summed E-state index contributed by atoms with van der Waals surface area (Å²) in [5, 5.41) is 11.9. The molecule has 4 heterocycles. The summed E-state index contributed by atoms with van der Waals surface area (Å²) < 4.78 is 45.0. The van der Waals surface area contributed by atoms with Crippen LogP contribution in [0.15, 0.2) is 24.4 Å². The molecule has 2 aromatic rings. The van der Waals surface area contributed by atoms with E-state index in [1.54, 1.807) is 18.2 Å². The highest BCUT2D eigenvalue weighted by Crippen LogP contribution is 2.54. The standard InChI is InChI=1S/C26H33FN6O5S/c27-16-38-21-1-2-22(29-24(21)33-14-17-11-18(17)15-33)30-25(35)19-13-28-23(31-39(36,37)10-9-34)12-20(19)32-7-5-26(3-4-26)6-8-32/h1-2,12-13,17-18,34H,3-11,14-16H2,(H,28,31)(H,29,30,35). The Balaban J connectivity index is 1.26. The van der Waals surface area contributed by atoms with Gasteiger partial charge in [0.15, 0.2) is 11.6 Å². The first-order chi connectivity index (χ1) is 18.8. The molecule has 1 spiro atoms. The second-order valence-electron chi connectivity index (χ2n) is 11.1. The number of fused-ring (bicyclic) bond motifs is 1. The highest BCUT2D eigenvalue weighted by atomic mass is 32.2. The summed E-state index contributed by atoms with van der Waals surface area (Å²) in [6.45, 7) is 1.68. The van der Waals surface area contributed by atoms with Crippen LogP contribution in [0.5, 0.6) is 5.75 Å². The molecular weight excluding hydrogens is 527 g/mol. The Kier molecular flexibility index (Phi) is 6.74. The second-order valence-corrected chi connectivity index (χ2v) is 12.9. The maximum atomic E-state index is 13.5. The highest BCUT2D eigenvalue weighted by molar-refractivity contribution is 7.92. The number of carbonyl (C=O) groups excluding carboxylic acids is 1. The highest BCUT2D eigenvalue weighted by Gasteiger charge is 2.46. The number of hydrogen-bond donors (Lipinski definition) is 3. The molecule has 6 rings (SSSR count). The fraction of sp³-hybridized carbons (Fsp3) is 0.577. The number of aliphatic hydroxyl groups is 1. The Labute approximate surface area is 226 Å². The van der Waals surface area contributed by atoms with Crippen molar-refractivity contribution in [1.82, 2.24) is 9.97 Å². The van der Waals surface area contributed by atoms with Gasteiger partial charge in [-0.1, -0.05) is 0 Å². The second kappa shape index (κ2) is 10.1. The van der Waals surface area contributed by atoms with Crippen molar-refractivity contribution < 1.29 is 27.4 Å². The van der Waals surface area contributed by atoms with E-state index in [1.165, 1.54) is 25.5 Å². The van der Waals surface area contributed by atoms with Gasteiger partial charge in [-0.25, -0.2) is 22.8 Å². The molecule has 1 amide bonds. The number of nitrogens with one attached hydrogen (secondary N) is 2. The Hall–Kier alpha value is -3.19. The van der Waals surface area contributed by atoms with E-state index < -0.39 is 35.2 Å². The van der Waals surface area contributed by atoms with Crippen molar-refractivity contribution in [2.75, 3.05) is 65.2 Å². The molecule has 0 aromatic carbocycles. The maximum absolute atomic E-state index is 13.5. The van der Waals surface area contributed by atoms with Gasteiger partial charge in [0.2, 0.25) is 16.9 Å². The molecule has 0 bridgehead atoms. The average Bonchev–Trinajstić information content (AvgIpc) is 3.81. The van der Waals surface area contributed by atoms with E-state index in [0.29, 0.717) is 45.9 Å². The SMILES string of the molecule is O=C(Nc1ccc(OCF)c(N2CC3CC3C2)n1)c1cnc(NS(=O)(=O)CCO)cc1N1CCC2(CC1)CC2.